The summed E-state index contributed by atoms with van der Waals surface area (Å²) in [4.78, 5) is 44.3. The van der Waals surface area contributed by atoms with Gasteiger partial charge in [-0.05, 0) is 61.0 Å². The summed E-state index contributed by atoms with van der Waals surface area (Å²) in [6.07, 6.45) is 1.59. The Labute approximate surface area is 218 Å². The molecule has 3 aliphatic heterocycles. The van der Waals surface area contributed by atoms with Gasteiger partial charge in [0.1, 0.15) is 0 Å². The van der Waals surface area contributed by atoms with Crippen molar-refractivity contribution in [3.05, 3.63) is 75.5 Å². The maximum absolute atomic E-state index is 13.5. The maximum atomic E-state index is 13.5. The number of piperidine rings is 1. The van der Waals surface area contributed by atoms with Gasteiger partial charge in [0.05, 0.1) is 28.8 Å². The number of carbonyl (C=O) groups excluding carboxylic acids is 3. The second-order valence-electron chi connectivity index (χ2n) is 9.56. The van der Waals surface area contributed by atoms with Crippen molar-refractivity contribution < 1.29 is 23.9 Å². The number of amides is 3. The number of rotatable bonds is 6. The molecule has 3 aromatic rings. The highest BCUT2D eigenvalue weighted by atomic mass is 32.1. The molecule has 0 bridgehead atoms. The van der Waals surface area contributed by atoms with E-state index in [4.69, 9.17) is 9.47 Å². The quantitative estimate of drug-likeness (QED) is 0.489. The van der Waals surface area contributed by atoms with E-state index in [-0.39, 0.29) is 36.5 Å². The summed E-state index contributed by atoms with van der Waals surface area (Å²) >= 11 is 1.53. The van der Waals surface area contributed by atoms with Crippen LogP contribution in [0.1, 0.15) is 57.0 Å². The van der Waals surface area contributed by atoms with Gasteiger partial charge in [0.15, 0.2) is 11.5 Å². The molecule has 9 heteroatoms. The van der Waals surface area contributed by atoms with Crippen LogP contribution in [0.25, 0.3) is 0 Å². The summed E-state index contributed by atoms with van der Waals surface area (Å²) in [6, 6.07) is 14.6. The number of benzene rings is 2. The predicted octanol–water partition coefficient (Wildman–Crippen LogP) is 4.37. The normalized spacial score (nSPS) is 19.2. The summed E-state index contributed by atoms with van der Waals surface area (Å²) in [5.74, 6) is 0.626. The van der Waals surface area contributed by atoms with Crippen molar-refractivity contribution >= 4 is 34.7 Å². The largest absolute Gasteiger partial charge is 0.454 e. The van der Waals surface area contributed by atoms with Crippen LogP contribution in [0.5, 0.6) is 11.5 Å². The van der Waals surface area contributed by atoms with Crippen LogP contribution in [0.2, 0.25) is 0 Å². The molecular formula is C28H27N3O5S. The lowest BCUT2D eigenvalue weighted by molar-refractivity contribution is -0.125. The number of fused-ring (bicyclic) bond motifs is 2. The Morgan fingerprint density at radius 1 is 1.11 bits per heavy atom. The van der Waals surface area contributed by atoms with Crippen LogP contribution in [-0.2, 0) is 11.3 Å². The third-order valence-electron chi connectivity index (χ3n) is 7.30. The van der Waals surface area contributed by atoms with E-state index in [2.05, 4.69) is 10.2 Å². The van der Waals surface area contributed by atoms with Crippen molar-refractivity contribution in [2.24, 2.45) is 5.92 Å². The first-order chi connectivity index (χ1) is 18.0. The van der Waals surface area contributed by atoms with Gasteiger partial charge in [0.25, 0.3) is 11.8 Å². The molecule has 37 heavy (non-hydrogen) atoms. The average Bonchev–Trinajstić information content (AvgIpc) is 3.67. The molecule has 2 atom stereocenters. The zero-order valence-electron chi connectivity index (χ0n) is 20.4. The Balaban J connectivity index is 1.17. The Morgan fingerprint density at radius 2 is 1.97 bits per heavy atom. The van der Waals surface area contributed by atoms with E-state index >= 15 is 0 Å². The van der Waals surface area contributed by atoms with Crippen LogP contribution in [0.15, 0.2) is 53.9 Å². The smallest absolute Gasteiger partial charge is 0.264 e. The zero-order chi connectivity index (χ0) is 25.5. The Hall–Kier alpha value is -3.85. The van der Waals surface area contributed by atoms with Crippen LogP contribution in [0, 0.1) is 5.92 Å². The van der Waals surface area contributed by atoms with Crippen LogP contribution in [0.3, 0.4) is 0 Å². The minimum absolute atomic E-state index is 0.0229. The van der Waals surface area contributed by atoms with Crippen LogP contribution in [0.4, 0.5) is 5.69 Å². The van der Waals surface area contributed by atoms with Crippen molar-refractivity contribution in [1.29, 1.82) is 0 Å². The van der Waals surface area contributed by atoms with E-state index in [0.29, 0.717) is 35.7 Å². The maximum Gasteiger partial charge on any atom is 0.264 e. The van der Waals surface area contributed by atoms with E-state index in [1.807, 2.05) is 54.8 Å². The summed E-state index contributed by atoms with van der Waals surface area (Å²) in [5, 5.41) is 4.99. The molecule has 0 aliphatic carbocycles. The highest BCUT2D eigenvalue weighted by Crippen LogP contribution is 2.38. The molecule has 0 saturated carbocycles. The van der Waals surface area contributed by atoms with Crippen molar-refractivity contribution in [1.82, 2.24) is 10.2 Å². The molecule has 6 rings (SSSR count). The summed E-state index contributed by atoms with van der Waals surface area (Å²) in [5.41, 5.74) is 2.54. The number of anilines is 1. The molecule has 1 saturated heterocycles. The highest BCUT2D eigenvalue weighted by molar-refractivity contribution is 7.10. The Morgan fingerprint density at radius 3 is 2.81 bits per heavy atom. The van der Waals surface area contributed by atoms with Crippen LogP contribution >= 0.6 is 11.3 Å². The van der Waals surface area contributed by atoms with E-state index in [0.717, 1.165) is 35.5 Å². The van der Waals surface area contributed by atoms with E-state index in [1.54, 1.807) is 6.07 Å². The van der Waals surface area contributed by atoms with Gasteiger partial charge in [-0.3, -0.25) is 19.3 Å². The topological polar surface area (TPSA) is 88.2 Å². The second-order valence-corrected chi connectivity index (χ2v) is 10.5. The van der Waals surface area contributed by atoms with Crippen molar-refractivity contribution in [3.63, 3.8) is 0 Å². The molecule has 1 fully saturated rings. The second kappa shape index (κ2) is 9.55. The van der Waals surface area contributed by atoms with Crippen molar-refractivity contribution in [2.75, 3.05) is 24.8 Å². The summed E-state index contributed by atoms with van der Waals surface area (Å²) in [6.45, 7) is 3.71. The fraction of sp³-hybridized carbons (Fsp3) is 0.321. The third-order valence-corrected chi connectivity index (χ3v) is 8.35. The summed E-state index contributed by atoms with van der Waals surface area (Å²) < 4.78 is 10.8. The van der Waals surface area contributed by atoms with Gasteiger partial charge in [0.2, 0.25) is 12.7 Å². The van der Waals surface area contributed by atoms with Gasteiger partial charge >= 0.3 is 0 Å². The number of nitrogens with one attached hydrogen (secondary N) is 1. The Bertz CT molecular complexity index is 1370. The Kier molecular flexibility index (Phi) is 6.08. The lowest BCUT2D eigenvalue weighted by Crippen LogP contribution is -2.43. The number of hydrogen-bond acceptors (Lipinski definition) is 7. The lowest BCUT2D eigenvalue weighted by Gasteiger charge is -2.34. The summed E-state index contributed by atoms with van der Waals surface area (Å²) in [7, 11) is 0. The van der Waals surface area contributed by atoms with Gasteiger partial charge in [-0.15, -0.1) is 11.3 Å². The molecule has 2 aromatic carbocycles. The molecule has 3 amide bonds. The number of ether oxygens (including phenoxy) is 2. The first kappa shape index (κ1) is 23.5. The van der Waals surface area contributed by atoms with Gasteiger partial charge in [-0.1, -0.05) is 18.2 Å². The van der Waals surface area contributed by atoms with Crippen molar-refractivity contribution in [3.8, 4) is 11.5 Å². The van der Waals surface area contributed by atoms with Crippen molar-refractivity contribution in [2.45, 2.75) is 32.4 Å². The molecule has 3 aliphatic rings. The van der Waals surface area contributed by atoms with E-state index < -0.39 is 0 Å². The van der Waals surface area contributed by atoms with Crippen LogP contribution < -0.4 is 19.7 Å². The molecule has 4 heterocycles. The fourth-order valence-electron chi connectivity index (χ4n) is 5.35. The number of imide groups is 1. The number of carbonyl (C=O) groups is 3. The monoisotopic (exact) mass is 517 g/mol. The van der Waals surface area contributed by atoms with Crippen LogP contribution in [-0.4, -0.2) is 42.5 Å². The standard InChI is InChI=1S/C28H27N3O5S/c1-17(24-8-4-12-37-24)31-27(33)20-6-2-7-21(25(20)28(31)34)30-11-3-5-19(15-30)26(32)29-14-18-9-10-22-23(13-18)36-16-35-22/h2,4,6-10,12-13,17,19H,3,5,11,14-16H2,1H3,(H,29,32)/t17-,19+/m1/s1. The first-order valence-electron chi connectivity index (χ1n) is 12.5. The minimum atomic E-state index is -0.337. The number of hydrogen-bond donors (Lipinski definition) is 1. The predicted molar refractivity (Wildman–Crippen MR) is 139 cm³/mol. The fourth-order valence-corrected chi connectivity index (χ4v) is 6.13. The average molecular weight is 518 g/mol. The minimum Gasteiger partial charge on any atom is -0.454 e. The molecule has 1 N–H and O–H groups in total. The number of nitrogens with zero attached hydrogens (tertiary/aromatic N) is 2. The van der Waals surface area contributed by atoms with E-state index in [9.17, 15) is 14.4 Å². The zero-order valence-corrected chi connectivity index (χ0v) is 21.3. The molecule has 0 radical (unpaired) electrons. The van der Waals surface area contributed by atoms with Gasteiger partial charge in [-0.2, -0.15) is 0 Å². The third kappa shape index (κ3) is 4.23. The number of thiophene rings is 1. The lowest BCUT2D eigenvalue weighted by atomic mass is 9.95. The SMILES string of the molecule is C[C@H](c1cccs1)N1C(=O)c2cccc(N3CCC[C@H](C(=O)NCc4ccc5c(c4)OCO5)C3)c2C1=O. The molecule has 0 spiro atoms. The van der Waals surface area contributed by atoms with Gasteiger partial charge < -0.3 is 19.7 Å². The van der Waals surface area contributed by atoms with Gasteiger partial charge in [-0.25, -0.2) is 0 Å². The highest BCUT2D eigenvalue weighted by Gasteiger charge is 2.42. The molecule has 0 unspecified atom stereocenters. The van der Waals surface area contributed by atoms with Gasteiger partial charge in [0, 0.05) is 24.5 Å². The molecular weight excluding hydrogens is 490 g/mol. The molecule has 8 nitrogen and oxygen atoms in total. The molecule has 1 aromatic heterocycles. The molecule has 190 valence electrons. The van der Waals surface area contributed by atoms with E-state index in [1.165, 1.54) is 16.2 Å². The first-order valence-corrected chi connectivity index (χ1v) is 13.3.